The maximum absolute atomic E-state index is 12.9. The largest absolute Gasteiger partial charge is 0.416 e. The van der Waals surface area contributed by atoms with Gasteiger partial charge in [0.15, 0.2) is 6.04 Å². The molecule has 0 fully saturated rings. The molecule has 0 aliphatic carbocycles. The van der Waals surface area contributed by atoms with E-state index in [2.05, 4.69) is 15.1 Å². The van der Waals surface area contributed by atoms with Crippen LogP contribution in [0.15, 0.2) is 67.3 Å². The number of nitrogen functional groups attached to an aromatic ring is 1. The number of hydrogen-bond acceptors (Lipinski definition) is 5. The van der Waals surface area contributed by atoms with Crippen LogP contribution in [0, 0.1) is 0 Å². The lowest BCUT2D eigenvalue weighted by molar-refractivity contribution is -0.137. The number of carbonyl (C=O) groups excluding carboxylic acids is 1. The molecular formula is C22H16ClF3N6O. The fourth-order valence-electron chi connectivity index (χ4n) is 3.42. The number of carbonyl (C=O) groups is 1. The summed E-state index contributed by atoms with van der Waals surface area (Å²) in [4.78, 5) is 20.6. The molecule has 2 heterocycles. The summed E-state index contributed by atoms with van der Waals surface area (Å²) in [6.45, 7) is 0. The van der Waals surface area contributed by atoms with Crippen molar-refractivity contribution in [2.24, 2.45) is 5.73 Å². The zero-order chi connectivity index (χ0) is 23.8. The molecule has 0 aliphatic heterocycles. The average molecular weight is 473 g/mol. The Hall–Kier alpha value is -3.92. The number of rotatable bonds is 5. The number of halogens is 4. The lowest BCUT2D eigenvalue weighted by atomic mass is 10.0. The van der Waals surface area contributed by atoms with E-state index in [0.717, 1.165) is 17.7 Å². The molecule has 168 valence electrons. The summed E-state index contributed by atoms with van der Waals surface area (Å²) >= 11 is 5.97. The fraction of sp³-hybridized carbons (Fsp3) is 0.0909. The summed E-state index contributed by atoms with van der Waals surface area (Å²) in [7, 11) is 0. The molecule has 1 atom stereocenters. The molecule has 33 heavy (non-hydrogen) atoms. The molecule has 0 spiro atoms. The van der Waals surface area contributed by atoms with Gasteiger partial charge in [0.2, 0.25) is 5.91 Å². The topological polar surface area (TPSA) is 113 Å². The molecule has 0 bridgehead atoms. The third-order valence-electron chi connectivity index (χ3n) is 4.97. The van der Waals surface area contributed by atoms with Crippen molar-refractivity contribution in [3.8, 4) is 22.4 Å². The van der Waals surface area contributed by atoms with Gasteiger partial charge in [-0.05, 0) is 35.4 Å². The van der Waals surface area contributed by atoms with Crippen LogP contribution in [0.3, 0.4) is 0 Å². The maximum Gasteiger partial charge on any atom is 0.416 e. The lowest BCUT2D eigenvalue weighted by Gasteiger charge is -2.15. The van der Waals surface area contributed by atoms with Gasteiger partial charge in [-0.25, -0.2) is 9.97 Å². The van der Waals surface area contributed by atoms with Crippen molar-refractivity contribution >= 4 is 23.3 Å². The molecule has 0 radical (unpaired) electrons. The van der Waals surface area contributed by atoms with Crippen molar-refractivity contribution in [2.45, 2.75) is 12.2 Å². The van der Waals surface area contributed by atoms with Crippen LogP contribution in [0.25, 0.3) is 22.4 Å². The fourth-order valence-corrected chi connectivity index (χ4v) is 3.55. The number of aromatic nitrogens is 4. The van der Waals surface area contributed by atoms with Crippen molar-refractivity contribution in [3.05, 3.63) is 83.4 Å². The second-order valence-electron chi connectivity index (χ2n) is 7.12. The summed E-state index contributed by atoms with van der Waals surface area (Å²) in [5.74, 6) is -0.561. The number of alkyl halides is 3. The predicted octanol–water partition coefficient (Wildman–Crippen LogP) is 4.34. The summed E-state index contributed by atoms with van der Waals surface area (Å²) < 4.78 is 39.9. The Morgan fingerprint density at radius 3 is 2.27 bits per heavy atom. The minimum Gasteiger partial charge on any atom is -0.383 e. The number of benzene rings is 2. The third kappa shape index (κ3) is 4.51. The van der Waals surface area contributed by atoms with Crippen molar-refractivity contribution < 1.29 is 18.0 Å². The van der Waals surface area contributed by atoms with E-state index < -0.39 is 23.7 Å². The van der Waals surface area contributed by atoms with Gasteiger partial charge < -0.3 is 11.5 Å². The van der Waals surface area contributed by atoms with Gasteiger partial charge in [-0.3, -0.25) is 9.48 Å². The molecule has 4 aromatic rings. The Balaban J connectivity index is 1.75. The SMILES string of the molecule is NC(=O)C(c1ccc(C(F)(F)F)cc1)n1cc(-c2ncnc(N)c2-c2ccc(Cl)cc2)cn1. The number of primary amides is 1. The smallest absolute Gasteiger partial charge is 0.383 e. The van der Waals surface area contributed by atoms with Gasteiger partial charge in [0.05, 0.1) is 23.0 Å². The van der Waals surface area contributed by atoms with E-state index in [1.165, 1.54) is 35.5 Å². The van der Waals surface area contributed by atoms with Gasteiger partial charge in [-0.1, -0.05) is 35.9 Å². The molecule has 7 nitrogen and oxygen atoms in total. The van der Waals surface area contributed by atoms with Crippen molar-refractivity contribution in [1.82, 2.24) is 19.7 Å². The minimum absolute atomic E-state index is 0.226. The van der Waals surface area contributed by atoms with Gasteiger partial charge in [0, 0.05) is 16.8 Å². The van der Waals surface area contributed by atoms with Gasteiger partial charge in [0.1, 0.15) is 12.1 Å². The lowest BCUT2D eigenvalue weighted by Crippen LogP contribution is -2.28. The summed E-state index contributed by atoms with van der Waals surface area (Å²) in [5, 5.41) is 4.76. The summed E-state index contributed by atoms with van der Waals surface area (Å²) in [6, 6.07) is 9.97. The standard InChI is InChI=1S/C22H16ClF3N6O/c23-16-7-3-12(4-8-16)17-18(29-11-30-20(17)27)14-9-31-32(10-14)19(21(28)33)13-1-5-15(6-2-13)22(24,25)26/h1-11,19H,(H2,28,33)(H2,27,29,30). The van der Waals surface area contributed by atoms with E-state index >= 15 is 0 Å². The molecule has 0 saturated carbocycles. The van der Waals surface area contributed by atoms with Crippen molar-refractivity contribution in [3.63, 3.8) is 0 Å². The van der Waals surface area contributed by atoms with Crippen LogP contribution in [-0.4, -0.2) is 25.7 Å². The van der Waals surface area contributed by atoms with Crippen molar-refractivity contribution in [2.75, 3.05) is 5.73 Å². The van der Waals surface area contributed by atoms with Gasteiger partial charge in [0.25, 0.3) is 0 Å². The van der Waals surface area contributed by atoms with Crippen LogP contribution in [0.1, 0.15) is 17.2 Å². The Bertz CT molecular complexity index is 1300. The van der Waals surface area contributed by atoms with Gasteiger partial charge in [-0.15, -0.1) is 0 Å². The predicted molar refractivity (Wildman–Crippen MR) is 117 cm³/mol. The molecular weight excluding hydrogens is 457 g/mol. The number of nitrogens with zero attached hydrogens (tertiary/aromatic N) is 4. The van der Waals surface area contributed by atoms with Crippen LogP contribution in [-0.2, 0) is 11.0 Å². The van der Waals surface area contributed by atoms with Crippen LogP contribution < -0.4 is 11.5 Å². The van der Waals surface area contributed by atoms with Gasteiger partial charge in [-0.2, -0.15) is 18.3 Å². The first kappa shape index (κ1) is 22.3. The molecule has 11 heteroatoms. The molecule has 4 rings (SSSR count). The summed E-state index contributed by atoms with van der Waals surface area (Å²) in [6.07, 6.45) is -0.219. The molecule has 2 aromatic heterocycles. The number of hydrogen-bond donors (Lipinski definition) is 2. The highest BCUT2D eigenvalue weighted by Gasteiger charge is 2.31. The number of amides is 1. The highest BCUT2D eigenvalue weighted by molar-refractivity contribution is 6.30. The zero-order valence-corrected chi connectivity index (χ0v) is 17.5. The Labute approximate surface area is 190 Å². The van der Waals surface area contributed by atoms with Gasteiger partial charge >= 0.3 is 6.18 Å². The normalized spacial score (nSPS) is 12.5. The third-order valence-corrected chi connectivity index (χ3v) is 5.22. The highest BCUT2D eigenvalue weighted by atomic mass is 35.5. The molecule has 2 aromatic carbocycles. The van der Waals surface area contributed by atoms with Crippen molar-refractivity contribution in [1.29, 1.82) is 0 Å². The number of anilines is 1. The minimum atomic E-state index is -4.50. The zero-order valence-electron chi connectivity index (χ0n) is 16.8. The second-order valence-corrected chi connectivity index (χ2v) is 7.56. The first-order chi connectivity index (χ1) is 15.6. The number of nitrogens with two attached hydrogens (primary N) is 2. The first-order valence-electron chi connectivity index (χ1n) is 9.52. The Kier molecular flexibility index (Phi) is 5.77. The van der Waals surface area contributed by atoms with E-state index in [0.29, 0.717) is 21.8 Å². The van der Waals surface area contributed by atoms with Crippen LogP contribution in [0.4, 0.5) is 19.0 Å². The molecule has 1 unspecified atom stereocenters. The highest BCUT2D eigenvalue weighted by Crippen LogP contribution is 2.35. The Morgan fingerprint density at radius 2 is 1.67 bits per heavy atom. The maximum atomic E-state index is 12.9. The van der Waals surface area contributed by atoms with E-state index in [9.17, 15) is 18.0 Å². The molecule has 1 amide bonds. The summed E-state index contributed by atoms with van der Waals surface area (Å²) in [5.41, 5.74) is 13.3. The van der Waals surface area contributed by atoms with Crippen LogP contribution >= 0.6 is 11.6 Å². The first-order valence-corrected chi connectivity index (χ1v) is 9.90. The van der Waals surface area contributed by atoms with Crippen LogP contribution in [0.2, 0.25) is 5.02 Å². The van der Waals surface area contributed by atoms with E-state index in [1.54, 1.807) is 24.3 Å². The van der Waals surface area contributed by atoms with E-state index in [4.69, 9.17) is 23.1 Å². The van der Waals surface area contributed by atoms with E-state index in [1.807, 2.05) is 0 Å². The average Bonchev–Trinajstić information content (AvgIpc) is 3.23. The molecule has 4 N–H and O–H groups in total. The second kappa shape index (κ2) is 8.55. The Morgan fingerprint density at radius 1 is 1.00 bits per heavy atom. The van der Waals surface area contributed by atoms with Crippen LogP contribution in [0.5, 0.6) is 0 Å². The molecule has 0 aliphatic rings. The monoisotopic (exact) mass is 472 g/mol. The quantitative estimate of drug-likeness (QED) is 0.448. The van der Waals surface area contributed by atoms with E-state index in [-0.39, 0.29) is 11.4 Å². The molecule has 0 saturated heterocycles.